The Labute approximate surface area is 99.0 Å². The van der Waals surface area contributed by atoms with Gasteiger partial charge in [0.05, 0.1) is 17.4 Å². The number of rotatable bonds is 3. The van der Waals surface area contributed by atoms with E-state index in [1.807, 2.05) is 18.2 Å². The molecule has 1 aromatic heterocycles. The maximum atomic E-state index is 11.5. The number of para-hydroxylation sites is 1. The number of nitrogens with zero attached hydrogens (tertiary/aromatic N) is 1. The maximum Gasteiger partial charge on any atom is 0.248 e. The van der Waals surface area contributed by atoms with Gasteiger partial charge < -0.3 is 9.73 Å². The molecule has 0 atom stereocenters. The lowest BCUT2D eigenvalue weighted by molar-refractivity contribution is -0.111. The van der Waals surface area contributed by atoms with Crippen LogP contribution in [0, 0.1) is 0 Å². The highest BCUT2D eigenvalue weighted by Crippen LogP contribution is 2.26. The summed E-state index contributed by atoms with van der Waals surface area (Å²) in [6.07, 6.45) is 6.22. The lowest BCUT2D eigenvalue weighted by Crippen LogP contribution is -2.08. The van der Waals surface area contributed by atoms with E-state index < -0.39 is 0 Å². The Morgan fingerprint density at radius 2 is 2.24 bits per heavy atom. The number of anilines is 1. The number of nitrogens with one attached hydrogen (secondary N) is 1. The molecule has 4 nitrogen and oxygen atoms in total. The molecule has 1 heterocycles. The molecule has 4 heteroatoms. The van der Waals surface area contributed by atoms with E-state index >= 15 is 0 Å². The molecule has 1 amide bonds. The zero-order valence-electron chi connectivity index (χ0n) is 9.38. The van der Waals surface area contributed by atoms with E-state index in [0.717, 1.165) is 5.56 Å². The molecule has 86 valence electrons. The number of carbonyl (C=O) groups is 1. The molecule has 0 fully saturated rings. The summed E-state index contributed by atoms with van der Waals surface area (Å²) in [5, 5.41) is 2.77. The molecule has 0 aliphatic carbocycles. The molecule has 1 aromatic carbocycles. The zero-order valence-corrected chi connectivity index (χ0v) is 9.38. The van der Waals surface area contributed by atoms with Gasteiger partial charge in [-0.1, -0.05) is 18.2 Å². The van der Waals surface area contributed by atoms with Crippen molar-refractivity contribution >= 4 is 11.6 Å². The number of oxazole rings is 1. The van der Waals surface area contributed by atoms with E-state index in [2.05, 4.69) is 10.3 Å². The molecule has 0 saturated carbocycles. The highest BCUT2D eigenvalue weighted by Gasteiger charge is 2.09. The van der Waals surface area contributed by atoms with Crippen molar-refractivity contribution in [2.75, 3.05) is 5.32 Å². The number of hydrogen-bond donors (Lipinski definition) is 1. The minimum atomic E-state index is -0.175. The Bertz CT molecular complexity index is 530. The Hall–Kier alpha value is -2.36. The fraction of sp³-hybridized carbons (Fsp3) is 0.0769. The average molecular weight is 228 g/mol. The van der Waals surface area contributed by atoms with Gasteiger partial charge in [-0.2, -0.15) is 0 Å². The summed E-state index contributed by atoms with van der Waals surface area (Å²) in [6, 6.07) is 7.36. The van der Waals surface area contributed by atoms with Crippen molar-refractivity contribution in [1.82, 2.24) is 4.98 Å². The Kier molecular flexibility index (Phi) is 3.35. The van der Waals surface area contributed by atoms with Crippen LogP contribution in [0.25, 0.3) is 11.5 Å². The van der Waals surface area contributed by atoms with E-state index in [0.29, 0.717) is 11.6 Å². The van der Waals surface area contributed by atoms with Crippen LogP contribution in [0.5, 0.6) is 0 Å². The first kappa shape index (κ1) is 11.1. The van der Waals surface area contributed by atoms with Gasteiger partial charge in [0, 0.05) is 0 Å². The molecule has 0 saturated heterocycles. The minimum absolute atomic E-state index is 0.175. The van der Waals surface area contributed by atoms with Gasteiger partial charge >= 0.3 is 0 Å². The van der Waals surface area contributed by atoms with E-state index in [4.69, 9.17) is 4.42 Å². The molecule has 0 unspecified atom stereocenters. The van der Waals surface area contributed by atoms with Crippen LogP contribution in [0.4, 0.5) is 5.69 Å². The van der Waals surface area contributed by atoms with Gasteiger partial charge in [-0.3, -0.25) is 4.79 Å². The molecule has 0 spiro atoms. The van der Waals surface area contributed by atoms with Gasteiger partial charge in [-0.05, 0) is 25.1 Å². The van der Waals surface area contributed by atoms with Crippen molar-refractivity contribution in [2.24, 2.45) is 0 Å². The number of hydrogen-bond acceptors (Lipinski definition) is 3. The smallest absolute Gasteiger partial charge is 0.248 e. The van der Waals surface area contributed by atoms with Crippen molar-refractivity contribution in [3.63, 3.8) is 0 Å². The second kappa shape index (κ2) is 5.12. The second-order valence-electron chi connectivity index (χ2n) is 3.37. The van der Waals surface area contributed by atoms with Gasteiger partial charge in [-0.15, -0.1) is 0 Å². The third-order valence-corrected chi connectivity index (χ3v) is 2.17. The van der Waals surface area contributed by atoms with Crippen molar-refractivity contribution in [2.45, 2.75) is 6.92 Å². The van der Waals surface area contributed by atoms with Crippen LogP contribution in [-0.4, -0.2) is 10.9 Å². The summed E-state index contributed by atoms with van der Waals surface area (Å²) in [5.41, 5.74) is 1.44. The van der Waals surface area contributed by atoms with E-state index in [9.17, 15) is 4.79 Å². The summed E-state index contributed by atoms with van der Waals surface area (Å²) in [7, 11) is 0. The van der Waals surface area contributed by atoms with Gasteiger partial charge in [0.2, 0.25) is 11.8 Å². The van der Waals surface area contributed by atoms with Crippen molar-refractivity contribution < 1.29 is 9.21 Å². The van der Waals surface area contributed by atoms with Crippen LogP contribution in [0.15, 0.2) is 53.3 Å². The zero-order chi connectivity index (χ0) is 12.1. The topological polar surface area (TPSA) is 55.1 Å². The number of aromatic nitrogens is 1. The monoisotopic (exact) mass is 228 g/mol. The molecule has 1 N–H and O–H groups in total. The van der Waals surface area contributed by atoms with Crippen LogP contribution in [-0.2, 0) is 4.79 Å². The Morgan fingerprint density at radius 1 is 1.41 bits per heavy atom. The van der Waals surface area contributed by atoms with Crippen LogP contribution >= 0.6 is 0 Å². The predicted octanol–water partition coefficient (Wildman–Crippen LogP) is 2.86. The molecular formula is C13H12N2O2. The average Bonchev–Trinajstić information content (AvgIpc) is 2.83. The summed E-state index contributed by atoms with van der Waals surface area (Å²) >= 11 is 0. The van der Waals surface area contributed by atoms with Crippen molar-refractivity contribution in [3.05, 3.63) is 48.9 Å². The van der Waals surface area contributed by atoms with Crippen molar-refractivity contribution in [3.8, 4) is 11.5 Å². The van der Waals surface area contributed by atoms with Crippen LogP contribution in [0.1, 0.15) is 6.92 Å². The number of benzene rings is 1. The molecule has 2 rings (SSSR count). The Balaban J connectivity index is 2.32. The van der Waals surface area contributed by atoms with Gasteiger partial charge in [0.1, 0.15) is 6.26 Å². The summed E-state index contributed by atoms with van der Waals surface area (Å²) in [4.78, 5) is 15.5. The minimum Gasteiger partial charge on any atom is -0.444 e. The van der Waals surface area contributed by atoms with Gasteiger partial charge in [-0.25, -0.2) is 4.98 Å². The quantitative estimate of drug-likeness (QED) is 0.822. The summed E-state index contributed by atoms with van der Waals surface area (Å²) in [6.45, 7) is 1.79. The largest absolute Gasteiger partial charge is 0.444 e. The Morgan fingerprint density at radius 3 is 2.94 bits per heavy atom. The van der Waals surface area contributed by atoms with Gasteiger partial charge in [0.15, 0.2) is 0 Å². The lowest BCUT2D eigenvalue weighted by Gasteiger charge is -2.06. The van der Waals surface area contributed by atoms with Crippen LogP contribution in [0.3, 0.4) is 0 Å². The molecule has 2 aromatic rings. The fourth-order valence-corrected chi connectivity index (χ4v) is 1.46. The first-order chi connectivity index (χ1) is 8.31. The van der Waals surface area contributed by atoms with Crippen molar-refractivity contribution in [1.29, 1.82) is 0 Å². The first-order valence-corrected chi connectivity index (χ1v) is 5.24. The third-order valence-electron chi connectivity index (χ3n) is 2.17. The molecule has 0 bridgehead atoms. The number of allylic oxidation sites excluding steroid dienone is 1. The fourth-order valence-electron chi connectivity index (χ4n) is 1.46. The van der Waals surface area contributed by atoms with E-state index in [1.165, 1.54) is 12.3 Å². The van der Waals surface area contributed by atoms with Crippen LogP contribution in [0.2, 0.25) is 0 Å². The highest BCUT2D eigenvalue weighted by molar-refractivity contribution is 6.01. The van der Waals surface area contributed by atoms with E-state index in [1.54, 1.807) is 25.3 Å². The third kappa shape index (κ3) is 2.60. The van der Waals surface area contributed by atoms with Gasteiger partial charge in [0.25, 0.3) is 0 Å². The first-order valence-electron chi connectivity index (χ1n) is 5.24. The standard InChI is InChI=1S/C13H12N2O2/c1-2-5-12(16)15-11-7-4-3-6-10(11)13-14-8-9-17-13/h2-9H,1H3,(H,15,16)/b5-2+. The molecular weight excluding hydrogens is 216 g/mol. The number of carbonyl (C=O) groups excluding carboxylic acids is 1. The molecule has 17 heavy (non-hydrogen) atoms. The normalized spacial score (nSPS) is 10.6. The SMILES string of the molecule is C/C=C/C(=O)Nc1ccccc1-c1ncco1. The molecule has 0 aliphatic rings. The summed E-state index contributed by atoms with van der Waals surface area (Å²) < 4.78 is 5.22. The molecule has 0 radical (unpaired) electrons. The predicted molar refractivity (Wildman–Crippen MR) is 65.4 cm³/mol. The summed E-state index contributed by atoms with van der Waals surface area (Å²) in [5.74, 6) is 0.313. The second-order valence-corrected chi connectivity index (χ2v) is 3.37. The number of amides is 1. The van der Waals surface area contributed by atoms with Crippen LogP contribution < -0.4 is 5.32 Å². The molecule has 0 aliphatic heterocycles. The van der Waals surface area contributed by atoms with E-state index in [-0.39, 0.29) is 5.91 Å². The maximum absolute atomic E-state index is 11.5. The highest BCUT2D eigenvalue weighted by atomic mass is 16.3. The lowest BCUT2D eigenvalue weighted by atomic mass is 10.1.